The highest BCUT2D eigenvalue weighted by atomic mass is 15.8. The zero-order valence-corrected chi connectivity index (χ0v) is 22.6. The summed E-state index contributed by atoms with van der Waals surface area (Å²) in [6.07, 6.45) is 5.77. The van der Waals surface area contributed by atoms with Gasteiger partial charge < -0.3 is 5.32 Å². The summed E-state index contributed by atoms with van der Waals surface area (Å²) < 4.78 is 0. The van der Waals surface area contributed by atoms with E-state index in [-0.39, 0.29) is 12.1 Å². The fourth-order valence-corrected chi connectivity index (χ4v) is 4.23. The van der Waals surface area contributed by atoms with Crippen molar-refractivity contribution in [3.05, 3.63) is 0 Å². The van der Waals surface area contributed by atoms with Crippen molar-refractivity contribution in [2.75, 3.05) is 33.2 Å². The SMILES string of the molecule is CCCCNN(NCC(C)C)C(NC1CC1)(C(C)NC)C(NCC)(NCCC)NC(C)C. The summed E-state index contributed by atoms with van der Waals surface area (Å²) >= 11 is 0. The number of hydrogen-bond donors (Lipinski definition) is 7. The predicted octanol–water partition coefficient (Wildman–Crippen LogP) is 2.07. The first-order chi connectivity index (χ1) is 15.2. The van der Waals surface area contributed by atoms with E-state index in [1.807, 2.05) is 0 Å². The molecule has 32 heavy (non-hydrogen) atoms. The van der Waals surface area contributed by atoms with Crippen LogP contribution in [-0.2, 0) is 0 Å². The first-order valence-corrected chi connectivity index (χ1v) is 13.2. The van der Waals surface area contributed by atoms with Crippen molar-refractivity contribution >= 4 is 0 Å². The van der Waals surface area contributed by atoms with Gasteiger partial charge in [0.25, 0.3) is 0 Å². The minimum absolute atomic E-state index is 0.103. The zero-order valence-electron chi connectivity index (χ0n) is 22.6. The monoisotopic (exact) mass is 456 g/mol. The van der Waals surface area contributed by atoms with Crippen molar-refractivity contribution < 1.29 is 0 Å². The molecule has 8 heteroatoms. The van der Waals surface area contributed by atoms with Gasteiger partial charge in [-0.25, -0.2) is 10.9 Å². The minimum atomic E-state index is -0.583. The fraction of sp³-hybridized carbons (Fsp3) is 1.00. The van der Waals surface area contributed by atoms with Crippen molar-refractivity contribution in [1.29, 1.82) is 0 Å². The maximum absolute atomic E-state index is 4.10. The van der Waals surface area contributed by atoms with E-state index >= 15 is 0 Å². The summed E-state index contributed by atoms with van der Waals surface area (Å²) in [5.41, 5.74) is 7.02. The summed E-state index contributed by atoms with van der Waals surface area (Å²) in [6.45, 7) is 21.5. The Hall–Kier alpha value is -0.320. The Kier molecular flexibility index (Phi) is 13.8. The van der Waals surface area contributed by atoms with Crippen LogP contribution in [-0.4, -0.2) is 67.9 Å². The highest BCUT2D eigenvalue weighted by molar-refractivity contribution is 5.13. The van der Waals surface area contributed by atoms with Crippen molar-refractivity contribution in [2.24, 2.45) is 5.92 Å². The van der Waals surface area contributed by atoms with Crippen molar-refractivity contribution in [3.8, 4) is 0 Å². The van der Waals surface area contributed by atoms with Gasteiger partial charge in [-0.1, -0.05) is 41.0 Å². The molecule has 0 aromatic rings. The summed E-state index contributed by atoms with van der Waals surface area (Å²) in [7, 11) is 2.06. The maximum Gasteiger partial charge on any atom is 0.161 e. The van der Waals surface area contributed by atoms with E-state index in [4.69, 9.17) is 0 Å². The third kappa shape index (κ3) is 8.17. The number of hydrazine groups is 2. The lowest BCUT2D eigenvalue weighted by atomic mass is 9.90. The first kappa shape index (κ1) is 29.7. The number of likely N-dealkylation sites (N-methyl/N-ethyl adjacent to an activating group) is 2. The fourth-order valence-electron chi connectivity index (χ4n) is 4.23. The highest BCUT2D eigenvalue weighted by Crippen LogP contribution is 2.32. The summed E-state index contributed by atoms with van der Waals surface area (Å²) in [6, 6.07) is 0.884. The van der Waals surface area contributed by atoms with E-state index in [1.165, 1.54) is 12.8 Å². The minimum Gasteiger partial charge on any atom is -0.314 e. The van der Waals surface area contributed by atoms with Gasteiger partial charge in [-0.3, -0.25) is 21.3 Å². The third-order valence-corrected chi connectivity index (χ3v) is 6.03. The van der Waals surface area contributed by atoms with Crippen molar-refractivity contribution in [2.45, 2.75) is 117 Å². The average molecular weight is 457 g/mol. The topological polar surface area (TPSA) is 87.5 Å². The quantitative estimate of drug-likeness (QED) is 0.0852. The molecular weight excluding hydrogens is 400 g/mol. The van der Waals surface area contributed by atoms with E-state index in [0.717, 1.165) is 45.4 Å². The largest absolute Gasteiger partial charge is 0.314 e. The molecule has 3 atom stereocenters. The smallest absolute Gasteiger partial charge is 0.161 e. The molecule has 1 rings (SSSR count). The molecule has 0 radical (unpaired) electrons. The van der Waals surface area contributed by atoms with Crippen LogP contribution in [0.2, 0.25) is 0 Å². The van der Waals surface area contributed by atoms with Gasteiger partial charge in [-0.05, 0) is 72.5 Å². The van der Waals surface area contributed by atoms with Gasteiger partial charge in [-0.15, -0.1) is 0 Å². The van der Waals surface area contributed by atoms with Crippen LogP contribution >= 0.6 is 0 Å². The average Bonchev–Trinajstić information content (AvgIpc) is 3.56. The molecule has 8 nitrogen and oxygen atoms in total. The lowest BCUT2D eigenvalue weighted by Gasteiger charge is -2.60. The van der Waals surface area contributed by atoms with Gasteiger partial charge in [-0.2, -0.15) is 5.12 Å². The molecule has 0 aromatic carbocycles. The molecule has 1 saturated carbocycles. The number of hydrogen-bond acceptors (Lipinski definition) is 8. The number of nitrogens with zero attached hydrogens (tertiary/aromatic N) is 1. The predicted molar refractivity (Wildman–Crippen MR) is 138 cm³/mol. The van der Waals surface area contributed by atoms with Crippen LogP contribution in [0.1, 0.15) is 87.5 Å². The molecule has 7 N–H and O–H groups in total. The standard InChI is InChI=1S/C24H56N8/c1-10-13-17-28-32(29-18-19(4)5)23(21(8)25-9,31-22-14-15-22)24(26-12-3,27-16-11-2)30-20(6)7/h19-22,25-31H,10-18H2,1-9H3. The van der Waals surface area contributed by atoms with E-state index in [9.17, 15) is 0 Å². The van der Waals surface area contributed by atoms with Gasteiger partial charge in [0, 0.05) is 31.2 Å². The first-order valence-electron chi connectivity index (χ1n) is 13.2. The lowest BCUT2D eigenvalue weighted by Crippen LogP contribution is -2.93. The van der Waals surface area contributed by atoms with Gasteiger partial charge >= 0.3 is 0 Å². The second kappa shape index (κ2) is 14.8. The molecule has 0 heterocycles. The Bertz CT molecular complexity index is 485. The van der Waals surface area contributed by atoms with Crippen LogP contribution in [0, 0.1) is 5.92 Å². The molecule has 3 unspecified atom stereocenters. The zero-order chi connectivity index (χ0) is 24.2. The molecule has 1 fully saturated rings. The Morgan fingerprint density at radius 2 is 1.59 bits per heavy atom. The van der Waals surface area contributed by atoms with Crippen LogP contribution in [0.3, 0.4) is 0 Å². The van der Waals surface area contributed by atoms with E-state index in [1.54, 1.807) is 0 Å². The number of unbranched alkanes of at least 4 members (excludes halogenated alkanes) is 1. The maximum atomic E-state index is 4.10. The summed E-state index contributed by atoms with van der Waals surface area (Å²) in [5.74, 6) is -0.0515. The molecule has 0 aliphatic heterocycles. The normalized spacial score (nSPS) is 19.5. The Labute approximate surface area is 199 Å². The van der Waals surface area contributed by atoms with Crippen LogP contribution in [0.5, 0.6) is 0 Å². The molecule has 0 spiro atoms. The van der Waals surface area contributed by atoms with Crippen molar-refractivity contribution in [3.63, 3.8) is 0 Å². The van der Waals surface area contributed by atoms with Gasteiger partial charge in [0.1, 0.15) is 0 Å². The summed E-state index contributed by atoms with van der Waals surface area (Å²) in [5, 5.41) is 21.7. The second-order valence-electron chi connectivity index (χ2n) is 10.1. The Balaban J connectivity index is 3.66. The Morgan fingerprint density at radius 3 is 2.06 bits per heavy atom. The molecule has 0 amide bonds. The molecular formula is C24H56N8. The molecule has 192 valence electrons. The van der Waals surface area contributed by atoms with E-state index in [0.29, 0.717) is 12.0 Å². The van der Waals surface area contributed by atoms with Crippen molar-refractivity contribution in [1.82, 2.24) is 42.6 Å². The summed E-state index contributed by atoms with van der Waals surface area (Å²) in [4.78, 5) is 0. The van der Waals surface area contributed by atoms with Crippen LogP contribution < -0.4 is 37.4 Å². The molecule has 0 saturated heterocycles. The number of rotatable bonds is 20. The molecule has 1 aliphatic carbocycles. The third-order valence-electron chi connectivity index (χ3n) is 6.03. The lowest BCUT2D eigenvalue weighted by molar-refractivity contribution is -0.144. The molecule has 1 aliphatic rings. The number of nitrogens with one attached hydrogen (secondary N) is 7. The van der Waals surface area contributed by atoms with Crippen LogP contribution in [0.25, 0.3) is 0 Å². The van der Waals surface area contributed by atoms with Crippen LogP contribution in [0.4, 0.5) is 0 Å². The van der Waals surface area contributed by atoms with Gasteiger partial charge in [0.05, 0.1) is 0 Å². The molecule has 0 bridgehead atoms. The molecule has 0 aromatic heterocycles. The van der Waals surface area contributed by atoms with E-state index < -0.39 is 11.4 Å². The highest BCUT2D eigenvalue weighted by Gasteiger charge is 2.60. The Morgan fingerprint density at radius 1 is 0.906 bits per heavy atom. The van der Waals surface area contributed by atoms with E-state index in [2.05, 4.69) is 105 Å². The second-order valence-corrected chi connectivity index (χ2v) is 10.1. The van der Waals surface area contributed by atoms with Gasteiger partial charge in [0.15, 0.2) is 11.4 Å². The van der Waals surface area contributed by atoms with Gasteiger partial charge in [0.2, 0.25) is 0 Å². The van der Waals surface area contributed by atoms with Crippen LogP contribution in [0.15, 0.2) is 0 Å².